The molecule has 0 saturated heterocycles. The van der Waals surface area contributed by atoms with E-state index >= 15 is 0 Å². The number of aromatic nitrogens is 1. The zero-order chi connectivity index (χ0) is 9.35. The van der Waals surface area contributed by atoms with Gasteiger partial charge in [-0.3, -0.25) is 0 Å². The SMILES string of the molecule is Cc1noc(C)c1C(F)(F)CO. The Balaban J connectivity index is 3.17. The summed E-state index contributed by atoms with van der Waals surface area (Å²) in [7, 11) is 0. The number of hydrogen-bond acceptors (Lipinski definition) is 3. The van der Waals surface area contributed by atoms with Crippen molar-refractivity contribution in [2.45, 2.75) is 19.8 Å². The van der Waals surface area contributed by atoms with Gasteiger partial charge in [-0.1, -0.05) is 5.16 Å². The third kappa shape index (κ3) is 1.32. The fraction of sp³-hybridized carbons (Fsp3) is 0.571. The molecule has 0 bridgehead atoms. The monoisotopic (exact) mass is 177 g/mol. The number of aliphatic hydroxyl groups excluding tert-OH is 1. The summed E-state index contributed by atoms with van der Waals surface area (Å²) < 4.78 is 30.3. The fourth-order valence-electron chi connectivity index (χ4n) is 1.08. The molecule has 5 heteroatoms. The zero-order valence-electron chi connectivity index (χ0n) is 6.77. The molecule has 3 nitrogen and oxygen atoms in total. The van der Waals surface area contributed by atoms with Gasteiger partial charge in [0.05, 0.1) is 11.3 Å². The maximum Gasteiger partial charge on any atom is 0.300 e. The van der Waals surface area contributed by atoms with E-state index < -0.39 is 12.5 Å². The van der Waals surface area contributed by atoms with E-state index in [0.29, 0.717) is 0 Å². The number of rotatable bonds is 2. The van der Waals surface area contributed by atoms with Crippen molar-refractivity contribution < 1.29 is 18.4 Å². The lowest BCUT2D eigenvalue weighted by Gasteiger charge is -2.11. The van der Waals surface area contributed by atoms with Crippen LogP contribution in [0.1, 0.15) is 17.0 Å². The summed E-state index contributed by atoms with van der Waals surface area (Å²) in [5, 5.41) is 11.8. The summed E-state index contributed by atoms with van der Waals surface area (Å²) in [5.74, 6) is -3.21. The second kappa shape index (κ2) is 2.82. The highest BCUT2D eigenvalue weighted by atomic mass is 19.3. The van der Waals surface area contributed by atoms with E-state index in [1.807, 2.05) is 0 Å². The topological polar surface area (TPSA) is 46.3 Å². The molecule has 0 aliphatic rings. The maximum absolute atomic E-state index is 12.9. The molecule has 1 rings (SSSR count). The molecule has 0 unspecified atom stereocenters. The molecule has 0 saturated carbocycles. The molecular formula is C7H9F2NO2. The Bertz CT molecular complexity index is 263. The Morgan fingerprint density at radius 1 is 1.50 bits per heavy atom. The van der Waals surface area contributed by atoms with Crippen molar-refractivity contribution in [2.24, 2.45) is 0 Å². The van der Waals surface area contributed by atoms with E-state index in [4.69, 9.17) is 5.11 Å². The second-order valence-corrected chi connectivity index (χ2v) is 2.56. The molecule has 1 aromatic rings. The predicted octanol–water partition coefficient (Wildman–Crippen LogP) is 1.38. The first-order valence-corrected chi connectivity index (χ1v) is 3.41. The van der Waals surface area contributed by atoms with Gasteiger partial charge in [-0.2, -0.15) is 8.78 Å². The highest BCUT2D eigenvalue weighted by Crippen LogP contribution is 2.31. The van der Waals surface area contributed by atoms with Crippen LogP contribution < -0.4 is 0 Å². The number of aliphatic hydroxyl groups is 1. The Kier molecular flexibility index (Phi) is 2.14. The molecule has 68 valence electrons. The number of halogens is 2. The lowest BCUT2D eigenvalue weighted by molar-refractivity contribution is -0.0570. The van der Waals surface area contributed by atoms with Gasteiger partial charge in [0.25, 0.3) is 0 Å². The third-order valence-corrected chi connectivity index (χ3v) is 1.60. The maximum atomic E-state index is 12.9. The molecule has 0 spiro atoms. The van der Waals surface area contributed by atoms with Crippen LogP contribution in [0.3, 0.4) is 0 Å². The third-order valence-electron chi connectivity index (χ3n) is 1.60. The first kappa shape index (κ1) is 9.12. The average molecular weight is 177 g/mol. The van der Waals surface area contributed by atoms with Gasteiger partial charge in [-0.15, -0.1) is 0 Å². The van der Waals surface area contributed by atoms with Crippen LogP contribution in [0.2, 0.25) is 0 Å². The minimum atomic E-state index is -3.26. The van der Waals surface area contributed by atoms with Gasteiger partial charge in [-0.25, -0.2) is 0 Å². The highest BCUT2D eigenvalue weighted by molar-refractivity contribution is 5.26. The number of aryl methyl sites for hydroxylation is 2. The van der Waals surface area contributed by atoms with E-state index in [1.54, 1.807) is 0 Å². The molecule has 0 atom stereocenters. The molecule has 1 aromatic heterocycles. The summed E-state index contributed by atoms with van der Waals surface area (Å²) >= 11 is 0. The van der Waals surface area contributed by atoms with Gasteiger partial charge in [0, 0.05) is 0 Å². The van der Waals surface area contributed by atoms with Gasteiger partial charge in [0.2, 0.25) is 0 Å². The molecule has 12 heavy (non-hydrogen) atoms. The molecule has 0 aromatic carbocycles. The Hall–Kier alpha value is -0.970. The standard InChI is InChI=1S/C7H9F2NO2/c1-4-6(5(2)12-10-4)7(8,9)3-11/h11H,3H2,1-2H3. The molecule has 1 heterocycles. The Labute approximate surface area is 68.0 Å². The molecule has 0 aliphatic heterocycles. The second-order valence-electron chi connectivity index (χ2n) is 2.56. The molecule has 0 aliphatic carbocycles. The van der Waals surface area contributed by atoms with Crippen molar-refractivity contribution in [3.8, 4) is 0 Å². The molecule has 0 fully saturated rings. The van der Waals surface area contributed by atoms with Crippen LogP contribution in [-0.2, 0) is 5.92 Å². The minimum absolute atomic E-state index is 0.0477. The van der Waals surface area contributed by atoms with Gasteiger partial charge < -0.3 is 9.63 Å². The number of nitrogens with zero attached hydrogens (tertiary/aromatic N) is 1. The lowest BCUT2D eigenvalue weighted by atomic mass is 10.1. The van der Waals surface area contributed by atoms with Crippen molar-refractivity contribution in [1.29, 1.82) is 0 Å². The van der Waals surface area contributed by atoms with Gasteiger partial charge in [0.15, 0.2) is 0 Å². The molecule has 1 N–H and O–H groups in total. The zero-order valence-corrected chi connectivity index (χ0v) is 6.77. The van der Waals surface area contributed by atoms with Crippen LogP contribution in [0.4, 0.5) is 8.78 Å². The fourth-order valence-corrected chi connectivity index (χ4v) is 1.08. The first-order valence-electron chi connectivity index (χ1n) is 3.41. The normalized spacial score (nSPS) is 12.1. The van der Waals surface area contributed by atoms with Crippen LogP contribution in [0.25, 0.3) is 0 Å². The van der Waals surface area contributed by atoms with Crippen molar-refractivity contribution in [2.75, 3.05) is 6.61 Å². The van der Waals surface area contributed by atoms with E-state index in [1.165, 1.54) is 13.8 Å². The molecule has 0 amide bonds. The summed E-state index contributed by atoms with van der Waals surface area (Å²) in [6, 6.07) is 0. The minimum Gasteiger partial charge on any atom is -0.390 e. The first-order chi connectivity index (χ1) is 5.49. The average Bonchev–Trinajstić information content (AvgIpc) is 2.31. The van der Waals surface area contributed by atoms with Crippen molar-refractivity contribution in [3.05, 3.63) is 17.0 Å². The summed E-state index contributed by atoms with van der Waals surface area (Å²) in [5.41, 5.74) is -0.198. The summed E-state index contributed by atoms with van der Waals surface area (Å²) in [6.07, 6.45) is 0. The van der Waals surface area contributed by atoms with Gasteiger partial charge in [0.1, 0.15) is 12.4 Å². The summed E-state index contributed by atoms with van der Waals surface area (Å²) in [4.78, 5) is 0. The van der Waals surface area contributed by atoms with E-state index in [2.05, 4.69) is 9.68 Å². The van der Waals surface area contributed by atoms with Crippen LogP contribution >= 0.6 is 0 Å². The Morgan fingerprint density at radius 3 is 2.42 bits per heavy atom. The highest BCUT2D eigenvalue weighted by Gasteiger charge is 2.36. The van der Waals surface area contributed by atoms with Crippen molar-refractivity contribution in [1.82, 2.24) is 5.16 Å². The predicted molar refractivity (Wildman–Crippen MR) is 37.0 cm³/mol. The van der Waals surface area contributed by atoms with E-state index in [0.717, 1.165) is 0 Å². The number of alkyl halides is 2. The van der Waals surface area contributed by atoms with Crippen LogP contribution in [0.5, 0.6) is 0 Å². The lowest BCUT2D eigenvalue weighted by Crippen LogP contribution is -2.19. The van der Waals surface area contributed by atoms with Crippen LogP contribution in [0.15, 0.2) is 4.52 Å². The van der Waals surface area contributed by atoms with Crippen molar-refractivity contribution >= 4 is 0 Å². The van der Waals surface area contributed by atoms with Crippen LogP contribution in [-0.4, -0.2) is 16.9 Å². The quantitative estimate of drug-likeness (QED) is 0.742. The van der Waals surface area contributed by atoms with E-state index in [-0.39, 0.29) is 17.0 Å². The van der Waals surface area contributed by atoms with E-state index in [9.17, 15) is 8.78 Å². The number of hydrogen-bond donors (Lipinski definition) is 1. The summed E-state index contributed by atoms with van der Waals surface area (Å²) in [6.45, 7) is 1.57. The van der Waals surface area contributed by atoms with Gasteiger partial charge in [-0.05, 0) is 13.8 Å². The smallest absolute Gasteiger partial charge is 0.300 e. The van der Waals surface area contributed by atoms with Crippen LogP contribution in [0, 0.1) is 13.8 Å². The van der Waals surface area contributed by atoms with Gasteiger partial charge >= 0.3 is 5.92 Å². The molecular weight excluding hydrogens is 168 g/mol. The Morgan fingerprint density at radius 2 is 2.08 bits per heavy atom. The molecule has 0 radical (unpaired) electrons. The largest absolute Gasteiger partial charge is 0.390 e. The van der Waals surface area contributed by atoms with Crippen molar-refractivity contribution in [3.63, 3.8) is 0 Å².